The Balaban J connectivity index is 1.72. The van der Waals surface area contributed by atoms with Gasteiger partial charge in [-0.25, -0.2) is 13.1 Å². The number of sulfonamides is 1. The molecular weight excluding hydrogens is 386 g/mol. The summed E-state index contributed by atoms with van der Waals surface area (Å²) in [5.74, 6) is -0.204. The van der Waals surface area contributed by atoms with Crippen molar-refractivity contribution in [2.45, 2.75) is 18.7 Å². The zero-order chi connectivity index (χ0) is 20.9. The zero-order valence-corrected chi connectivity index (χ0v) is 17.2. The van der Waals surface area contributed by atoms with E-state index in [4.69, 9.17) is 0 Å². The van der Waals surface area contributed by atoms with E-state index in [2.05, 4.69) is 5.10 Å². The van der Waals surface area contributed by atoms with Gasteiger partial charge in [0, 0.05) is 30.4 Å². The van der Waals surface area contributed by atoms with E-state index in [-0.39, 0.29) is 10.7 Å². The molecule has 3 rings (SSSR count). The van der Waals surface area contributed by atoms with Crippen LogP contribution in [0.3, 0.4) is 0 Å². The van der Waals surface area contributed by atoms with Gasteiger partial charge in [-0.3, -0.25) is 4.79 Å². The summed E-state index contributed by atoms with van der Waals surface area (Å²) in [4.78, 5) is 12.6. The number of carbonyl (C=O) groups excluding carboxylic acids is 1. The number of aromatic nitrogens is 2. The molecule has 0 saturated heterocycles. The summed E-state index contributed by atoms with van der Waals surface area (Å²) in [5, 5.41) is 4.29. The third-order valence-electron chi connectivity index (χ3n) is 4.53. The van der Waals surface area contributed by atoms with Crippen LogP contribution in [0, 0.1) is 0 Å². The van der Waals surface area contributed by atoms with Gasteiger partial charge in [0.1, 0.15) is 0 Å². The minimum atomic E-state index is -3.53. The molecule has 1 aromatic heterocycles. The molecule has 7 heteroatoms. The van der Waals surface area contributed by atoms with Crippen molar-refractivity contribution in [3.8, 4) is 5.69 Å². The highest BCUT2D eigenvalue weighted by molar-refractivity contribution is 7.89. The van der Waals surface area contributed by atoms with Crippen LogP contribution in [0.15, 0.2) is 78.0 Å². The molecule has 0 N–H and O–H groups in total. The molecule has 0 amide bonds. The lowest BCUT2D eigenvalue weighted by molar-refractivity contribution is 0.104. The predicted molar refractivity (Wildman–Crippen MR) is 113 cm³/mol. The maximum absolute atomic E-state index is 12.5. The average molecular weight is 410 g/mol. The number of benzene rings is 2. The fourth-order valence-corrected chi connectivity index (χ4v) is 4.37. The van der Waals surface area contributed by atoms with E-state index in [9.17, 15) is 13.2 Å². The van der Waals surface area contributed by atoms with E-state index in [0.717, 1.165) is 11.3 Å². The van der Waals surface area contributed by atoms with Crippen molar-refractivity contribution in [2.75, 3.05) is 13.1 Å². The Morgan fingerprint density at radius 3 is 2.31 bits per heavy atom. The van der Waals surface area contributed by atoms with Crippen molar-refractivity contribution in [1.82, 2.24) is 14.1 Å². The monoisotopic (exact) mass is 409 g/mol. The molecule has 0 atom stereocenters. The molecule has 0 unspecified atom stereocenters. The zero-order valence-electron chi connectivity index (χ0n) is 16.4. The number of allylic oxidation sites excluding steroid dienone is 1. The Morgan fingerprint density at radius 2 is 1.69 bits per heavy atom. The molecule has 0 aliphatic carbocycles. The van der Waals surface area contributed by atoms with Gasteiger partial charge in [0.25, 0.3) is 0 Å². The van der Waals surface area contributed by atoms with Crippen LogP contribution in [-0.2, 0) is 10.0 Å². The first-order chi connectivity index (χ1) is 14.0. The van der Waals surface area contributed by atoms with Crippen molar-refractivity contribution < 1.29 is 13.2 Å². The van der Waals surface area contributed by atoms with Crippen molar-refractivity contribution in [3.05, 3.63) is 84.2 Å². The summed E-state index contributed by atoms with van der Waals surface area (Å²) >= 11 is 0. The highest BCUT2D eigenvalue weighted by Crippen LogP contribution is 2.17. The first kappa shape index (κ1) is 20.7. The lowest BCUT2D eigenvalue weighted by Crippen LogP contribution is -2.30. The van der Waals surface area contributed by atoms with Crippen molar-refractivity contribution in [3.63, 3.8) is 0 Å². The van der Waals surface area contributed by atoms with E-state index >= 15 is 0 Å². The van der Waals surface area contributed by atoms with Gasteiger partial charge in [0.05, 0.1) is 16.8 Å². The Bertz CT molecular complexity index is 1100. The van der Waals surface area contributed by atoms with Gasteiger partial charge in [-0.2, -0.15) is 9.40 Å². The number of para-hydroxylation sites is 1. The Morgan fingerprint density at radius 1 is 1.03 bits per heavy atom. The molecule has 150 valence electrons. The minimum absolute atomic E-state index is 0.186. The van der Waals surface area contributed by atoms with Crippen LogP contribution in [0.1, 0.15) is 29.8 Å². The van der Waals surface area contributed by atoms with E-state index in [1.807, 2.05) is 36.5 Å². The minimum Gasteiger partial charge on any atom is -0.289 e. The highest BCUT2D eigenvalue weighted by atomic mass is 32.2. The summed E-state index contributed by atoms with van der Waals surface area (Å²) < 4.78 is 28.2. The molecule has 6 nitrogen and oxygen atoms in total. The number of nitrogens with zero attached hydrogens (tertiary/aromatic N) is 3. The van der Waals surface area contributed by atoms with Gasteiger partial charge in [-0.15, -0.1) is 0 Å². The molecule has 0 aliphatic heterocycles. The lowest BCUT2D eigenvalue weighted by atomic mass is 10.1. The second-order valence-corrected chi connectivity index (χ2v) is 8.30. The first-order valence-electron chi connectivity index (χ1n) is 9.38. The molecule has 0 saturated carbocycles. The maximum atomic E-state index is 12.5. The number of hydrogen-bond donors (Lipinski definition) is 0. The molecule has 0 spiro atoms. The standard InChI is InChI=1S/C22H23N3O3S/c1-3-24(4-2)29(27,28)21-13-11-19(12-14-21)22(26)15-10-18-16-23-25(17-18)20-8-6-5-7-9-20/h5-17H,3-4H2,1-2H3/b15-10+. The number of ketones is 1. The number of rotatable bonds is 8. The van der Waals surface area contributed by atoms with Crippen LogP contribution >= 0.6 is 0 Å². The van der Waals surface area contributed by atoms with Crippen LogP contribution in [0.25, 0.3) is 11.8 Å². The van der Waals surface area contributed by atoms with Crippen molar-refractivity contribution in [2.24, 2.45) is 0 Å². The predicted octanol–water partition coefficient (Wildman–Crippen LogP) is 3.80. The van der Waals surface area contributed by atoms with Gasteiger partial charge in [-0.1, -0.05) is 32.0 Å². The molecule has 2 aromatic carbocycles. The van der Waals surface area contributed by atoms with Gasteiger partial charge in [-0.05, 0) is 48.6 Å². The molecular formula is C22H23N3O3S. The van der Waals surface area contributed by atoms with Crippen LogP contribution in [-0.4, -0.2) is 41.4 Å². The second-order valence-electron chi connectivity index (χ2n) is 6.37. The molecule has 29 heavy (non-hydrogen) atoms. The van der Waals surface area contributed by atoms with Gasteiger partial charge < -0.3 is 0 Å². The molecule has 3 aromatic rings. The Kier molecular flexibility index (Phi) is 6.41. The summed E-state index contributed by atoms with van der Waals surface area (Å²) in [5.41, 5.74) is 2.15. The summed E-state index contributed by atoms with van der Waals surface area (Å²) in [6, 6.07) is 15.7. The summed E-state index contributed by atoms with van der Waals surface area (Å²) in [7, 11) is -3.53. The lowest BCUT2D eigenvalue weighted by Gasteiger charge is -2.18. The Labute approximate surface area is 171 Å². The SMILES string of the molecule is CCN(CC)S(=O)(=O)c1ccc(C(=O)/C=C/c2cnn(-c3ccccc3)c2)cc1. The number of carbonyl (C=O) groups is 1. The van der Waals surface area contributed by atoms with Crippen molar-refractivity contribution in [1.29, 1.82) is 0 Å². The Hall–Kier alpha value is -3.03. The summed E-state index contributed by atoms with van der Waals surface area (Å²) in [6.45, 7) is 4.39. The molecule has 1 heterocycles. The topological polar surface area (TPSA) is 72.3 Å². The largest absolute Gasteiger partial charge is 0.289 e. The quantitative estimate of drug-likeness (QED) is 0.419. The van der Waals surface area contributed by atoms with Gasteiger partial charge in [0.15, 0.2) is 5.78 Å². The molecule has 0 fully saturated rings. The maximum Gasteiger partial charge on any atom is 0.243 e. The van der Waals surface area contributed by atoms with Gasteiger partial charge >= 0.3 is 0 Å². The first-order valence-corrected chi connectivity index (χ1v) is 10.8. The third kappa shape index (κ3) is 4.70. The van der Waals surface area contributed by atoms with Crippen molar-refractivity contribution >= 4 is 21.9 Å². The highest BCUT2D eigenvalue weighted by Gasteiger charge is 2.21. The average Bonchev–Trinajstić information content (AvgIpc) is 3.22. The van der Waals surface area contributed by atoms with E-state index in [1.165, 1.54) is 34.6 Å². The normalized spacial score (nSPS) is 12.0. The number of hydrogen-bond acceptors (Lipinski definition) is 4. The van der Waals surface area contributed by atoms with Crippen LogP contribution in [0.2, 0.25) is 0 Å². The van der Waals surface area contributed by atoms with E-state index in [1.54, 1.807) is 30.8 Å². The summed E-state index contributed by atoms with van der Waals surface area (Å²) in [6.07, 6.45) is 6.66. The second kappa shape index (κ2) is 8.98. The molecule has 0 radical (unpaired) electrons. The fraction of sp³-hybridized carbons (Fsp3) is 0.182. The van der Waals surface area contributed by atoms with E-state index < -0.39 is 10.0 Å². The molecule has 0 aliphatic rings. The van der Waals surface area contributed by atoms with Crippen LogP contribution in [0.4, 0.5) is 0 Å². The fourth-order valence-electron chi connectivity index (χ4n) is 2.92. The van der Waals surface area contributed by atoms with Gasteiger partial charge in [0.2, 0.25) is 10.0 Å². The molecule has 0 bridgehead atoms. The van der Waals surface area contributed by atoms with Crippen LogP contribution < -0.4 is 0 Å². The smallest absolute Gasteiger partial charge is 0.243 e. The third-order valence-corrected chi connectivity index (χ3v) is 6.60. The van der Waals surface area contributed by atoms with Crippen LogP contribution in [0.5, 0.6) is 0 Å². The van der Waals surface area contributed by atoms with E-state index in [0.29, 0.717) is 18.7 Å².